The zero-order valence-electron chi connectivity index (χ0n) is 19.3. The molecule has 0 spiro atoms. The molecule has 2 fully saturated rings. The molecular weight excluding hydrogens is 422 g/mol. The number of H-pyrrole nitrogens is 1. The molecule has 1 aromatic carbocycles. The van der Waals surface area contributed by atoms with Gasteiger partial charge in [0.25, 0.3) is 0 Å². The number of aromatic nitrogens is 1. The zero-order chi connectivity index (χ0) is 23.5. The van der Waals surface area contributed by atoms with E-state index in [1.165, 1.54) is 0 Å². The van der Waals surface area contributed by atoms with E-state index >= 15 is 0 Å². The van der Waals surface area contributed by atoms with Crippen molar-refractivity contribution in [1.82, 2.24) is 15.2 Å². The molecule has 4 unspecified atom stereocenters. The number of carboxylic acids is 1. The minimum Gasteiger partial charge on any atom is -0.480 e. The highest BCUT2D eigenvalue weighted by Gasteiger charge is 2.48. The van der Waals surface area contributed by atoms with Crippen molar-refractivity contribution in [1.29, 1.82) is 0 Å². The predicted molar refractivity (Wildman–Crippen MR) is 124 cm³/mol. The first-order valence-electron chi connectivity index (χ1n) is 11.9. The van der Waals surface area contributed by atoms with Crippen LogP contribution in [-0.4, -0.2) is 63.6 Å². The Labute approximate surface area is 193 Å². The molecule has 0 radical (unpaired) electrons. The van der Waals surface area contributed by atoms with Gasteiger partial charge in [0.1, 0.15) is 12.1 Å². The molecular formula is C25H33N3O5. The summed E-state index contributed by atoms with van der Waals surface area (Å²) in [5, 5.41) is 14.0. The largest absolute Gasteiger partial charge is 0.480 e. The van der Waals surface area contributed by atoms with E-state index in [0.29, 0.717) is 12.8 Å². The lowest BCUT2D eigenvalue weighted by atomic mass is 9.84. The summed E-state index contributed by atoms with van der Waals surface area (Å²) in [5.74, 6) is -1.40. The van der Waals surface area contributed by atoms with E-state index in [1.807, 2.05) is 30.5 Å². The van der Waals surface area contributed by atoms with E-state index in [2.05, 4.69) is 10.3 Å². The van der Waals surface area contributed by atoms with Crippen molar-refractivity contribution in [3.8, 4) is 0 Å². The molecule has 1 amide bonds. The van der Waals surface area contributed by atoms with Gasteiger partial charge in [-0.15, -0.1) is 0 Å². The standard InChI is InChI=1S/C25H33N3O5/c1-3-33-25(32)20(12-17-14-26-19-10-6-5-9-18(17)19)27-15(2)23(29)28-21-11-7-4-8-16(21)13-22(28)24(30)31/h5-6,9-10,14-16,20-22,26-27H,3-4,7-8,11-13H2,1-2H3,(H,30,31)/t15-,16?,20?,21?,22?/m0/s1. The van der Waals surface area contributed by atoms with Gasteiger partial charge >= 0.3 is 11.9 Å². The van der Waals surface area contributed by atoms with Crippen molar-refractivity contribution < 1.29 is 24.2 Å². The van der Waals surface area contributed by atoms with E-state index in [1.54, 1.807) is 18.7 Å². The lowest BCUT2D eigenvalue weighted by Crippen LogP contribution is -2.56. The Kier molecular flexibility index (Phi) is 7.02. The second-order valence-corrected chi connectivity index (χ2v) is 9.20. The highest BCUT2D eigenvalue weighted by molar-refractivity contribution is 5.89. The number of para-hydroxylation sites is 1. The molecule has 5 atom stereocenters. The highest BCUT2D eigenvalue weighted by Crippen LogP contribution is 2.40. The number of ether oxygens (including phenoxy) is 1. The maximum atomic E-state index is 13.5. The minimum absolute atomic E-state index is 0.0359. The van der Waals surface area contributed by atoms with Gasteiger partial charge in [-0.05, 0) is 50.7 Å². The average Bonchev–Trinajstić information content (AvgIpc) is 3.40. The molecule has 1 saturated heterocycles. The quantitative estimate of drug-likeness (QED) is 0.528. The highest BCUT2D eigenvalue weighted by atomic mass is 16.5. The van der Waals surface area contributed by atoms with Gasteiger partial charge in [0.15, 0.2) is 0 Å². The van der Waals surface area contributed by atoms with Gasteiger partial charge in [-0.2, -0.15) is 0 Å². The fourth-order valence-corrected chi connectivity index (χ4v) is 5.57. The smallest absolute Gasteiger partial charge is 0.326 e. The number of nitrogens with zero attached hydrogens (tertiary/aromatic N) is 1. The van der Waals surface area contributed by atoms with Gasteiger partial charge in [0.05, 0.1) is 12.6 Å². The van der Waals surface area contributed by atoms with Crippen molar-refractivity contribution in [2.75, 3.05) is 6.61 Å². The summed E-state index contributed by atoms with van der Waals surface area (Å²) in [4.78, 5) is 43.0. The van der Waals surface area contributed by atoms with Crippen LogP contribution in [0.3, 0.4) is 0 Å². The second-order valence-electron chi connectivity index (χ2n) is 9.20. The van der Waals surface area contributed by atoms with E-state index in [4.69, 9.17) is 4.74 Å². The van der Waals surface area contributed by atoms with Crippen LogP contribution in [0.4, 0.5) is 0 Å². The van der Waals surface area contributed by atoms with Gasteiger partial charge < -0.3 is 19.7 Å². The number of aliphatic carboxylic acids is 1. The minimum atomic E-state index is -0.953. The lowest BCUT2D eigenvalue weighted by Gasteiger charge is -2.35. The first kappa shape index (κ1) is 23.3. The molecule has 1 aromatic heterocycles. The molecule has 1 aliphatic heterocycles. The molecule has 1 aliphatic carbocycles. The van der Waals surface area contributed by atoms with Gasteiger partial charge in [-0.3, -0.25) is 14.9 Å². The molecule has 1 saturated carbocycles. The molecule has 0 bridgehead atoms. The lowest BCUT2D eigenvalue weighted by molar-refractivity contribution is -0.151. The summed E-state index contributed by atoms with van der Waals surface area (Å²) in [6.45, 7) is 3.70. The first-order chi connectivity index (χ1) is 15.9. The van der Waals surface area contributed by atoms with Crippen LogP contribution >= 0.6 is 0 Å². The van der Waals surface area contributed by atoms with Crippen LogP contribution in [0.2, 0.25) is 0 Å². The molecule has 8 heteroatoms. The number of carboxylic acid groups (broad SMARTS) is 1. The Bertz CT molecular complexity index is 1020. The topological polar surface area (TPSA) is 112 Å². The fourth-order valence-electron chi connectivity index (χ4n) is 5.57. The number of nitrogens with one attached hydrogen (secondary N) is 2. The van der Waals surface area contributed by atoms with Gasteiger partial charge in [0, 0.05) is 29.6 Å². The van der Waals surface area contributed by atoms with E-state index in [9.17, 15) is 19.5 Å². The van der Waals surface area contributed by atoms with Crippen LogP contribution in [0.1, 0.15) is 51.5 Å². The van der Waals surface area contributed by atoms with Crippen molar-refractivity contribution in [2.24, 2.45) is 5.92 Å². The van der Waals surface area contributed by atoms with Crippen LogP contribution in [-0.2, 0) is 25.5 Å². The van der Waals surface area contributed by atoms with Crippen molar-refractivity contribution in [2.45, 2.75) is 76.5 Å². The van der Waals surface area contributed by atoms with Crippen LogP contribution in [0.5, 0.6) is 0 Å². The number of fused-ring (bicyclic) bond motifs is 2. The molecule has 3 N–H and O–H groups in total. The maximum Gasteiger partial charge on any atom is 0.326 e. The SMILES string of the molecule is CCOC(=O)C(Cc1c[nH]c2ccccc12)N[C@@H](C)C(=O)N1C(C(=O)O)CC2CCCCC21. The molecule has 2 heterocycles. The monoisotopic (exact) mass is 455 g/mol. The Balaban J connectivity index is 1.53. The number of likely N-dealkylation sites (tertiary alicyclic amines) is 1. The Hall–Kier alpha value is -2.87. The summed E-state index contributed by atoms with van der Waals surface area (Å²) >= 11 is 0. The molecule has 8 nitrogen and oxygen atoms in total. The van der Waals surface area contributed by atoms with Crippen molar-refractivity contribution in [3.63, 3.8) is 0 Å². The Morgan fingerprint density at radius 2 is 2.00 bits per heavy atom. The fraction of sp³-hybridized carbons (Fsp3) is 0.560. The van der Waals surface area contributed by atoms with Gasteiger partial charge in [-0.25, -0.2) is 4.79 Å². The summed E-state index contributed by atoms with van der Waals surface area (Å²) in [6.07, 6.45) is 6.63. The van der Waals surface area contributed by atoms with Crippen molar-refractivity contribution >= 4 is 28.7 Å². The number of rotatable bonds is 8. The van der Waals surface area contributed by atoms with Gasteiger partial charge in [-0.1, -0.05) is 31.0 Å². The molecule has 178 valence electrons. The van der Waals surface area contributed by atoms with Crippen LogP contribution < -0.4 is 5.32 Å². The van der Waals surface area contributed by atoms with Crippen LogP contribution in [0.15, 0.2) is 30.5 Å². The third-order valence-corrected chi connectivity index (χ3v) is 7.12. The normalized spacial score (nSPS) is 24.3. The van der Waals surface area contributed by atoms with E-state index in [-0.39, 0.29) is 24.5 Å². The second kappa shape index (κ2) is 9.95. The third kappa shape index (κ3) is 4.76. The summed E-state index contributed by atoms with van der Waals surface area (Å²) in [5.41, 5.74) is 1.93. The Morgan fingerprint density at radius 3 is 2.76 bits per heavy atom. The zero-order valence-corrected chi connectivity index (χ0v) is 19.3. The summed E-state index contributed by atoms with van der Waals surface area (Å²) < 4.78 is 5.29. The number of hydrogen-bond acceptors (Lipinski definition) is 5. The van der Waals surface area contributed by atoms with Gasteiger partial charge in [0.2, 0.25) is 5.91 Å². The third-order valence-electron chi connectivity index (χ3n) is 7.12. The summed E-state index contributed by atoms with van der Waals surface area (Å²) in [6, 6.07) is 5.57. The number of carbonyl (C=O) groups excluding carboxylic acids is 2. The van der Waals surface area contributed by atoms with Crippen molar-refractivity contribution in [3.05, 3.63) is 36.0 Å². The average molecular weight is 456 g/mol. The van der Waals surface area contributed by atoms with E-state index in [0.717, 1.165) is 42.1 Å². The number of aromatic amines is 1. The van der Waals surface area contributed by atoms with Crippen LogP contribution in [0, 0.1) is 5.92 Å². The maximum absolute atomic E-state index is 13.5. The molecule has 2 aliphatic rings. The number of carbonyl (C=O) groups is 3. The Morgan fingerprint density at radius 1 is 1.24 bits per heavy atom. The molecule has 33 heavy (non-hydrogen) atoms. The molecule has 2 aromatic rings. The van der Waals surface area contributed by atoms with E-state index < -0.39 is 30.1 Å². The molecule has 4 rings (SSSR count). The van der Waals surface area contributed by atoms with Crippen LogP contribution in [0.25, 0.3) is 10.9 Å². The predicted octanol–water partition coefficient (Wildman–Crippen LogP) is 2.86. The first-order valence-corrected chi connectivity index (χ1v) is 11.9. The number of benzene rings is 1. The number of amides is 1. The number of hydrogen-bond donors (Lipinski definition) is 3. The number of esters is 1. The summed E-state index contributed by atoms with van der Waals surface area (Å²) in [7, 11) is 0.